The summed E-state index contributed by atoms with van der Waals surface area (Å²) in [6.07, 6.45) is 0. The number of hydrogen-bond donors (Lipinski definition) is 1. The van der Waals surface area contributed by atoms with Gasteiger partial charge in [-0.05, 0) is 42.5 Å². The minimum Gasteiger partial charge on any atom is -0.388 e. The first-order chi connectivity index (χ1) is 8.54. The van der Waals surface area contributed by atoms with Crippen LogP contribution in [-0.4, -0.2) is 15.5 Å². The zero-order valence-corrected chi connectivity index (χ0v) is 10.5. The van der Waals surface area contributed by atoms with Gasteiger partial charge in [-0.25, -0.2) is 12.8 Å². The van der Waals surface area contributed by atoms with Crippen molar-refractivity contribution < 1.29 is 12.8 Å². The van der Waals surface area contributed by atoms with Crippen LogP contribution in [0.1, 0.15) is 0 Å². The highest BCUT2D eigenvalue weighted by Crippen LogP contribution is 2.23. The molecule has 0 unspecified atom stereocenters. The average Bonchev–Trinajstić information content (AvgIpc) is 2.39. The van der Waals surface area contributed by atoms with Crippen LogP contribution in [0.3, 0.4) is 0 Å². The van der Waals surface area contributed by atoms with Crippen LogP contribution in [0.25, 0.3) is 0 Å². The molecule has 0 amide bonds. The molecule has 0 radical (unpaired) electrons. The third-order valence-corrected chi connectivity index (χ3v) is 4.32. The van der Waals surface area contributed by atoms with Gasteiger partial charge in [-0.3, -0.25) is 0 Å². The molecular formula is C13H12FNO2S. The van der Waals surface area contributed by atoms with Crippen LogP contribution in [0, 0.1) is 5.82 Å². The summed E-state index contributed by atoms with van der Waals surface area (Å²) in [5.41, 5.74) is 0.707. The molecule has 0 atom stereocenters. The smallest absolute Gasteiger partial charge is 0.206 e. The van der Waals surface area contributed by atoms with E-state index in [0.29, 0.717) is 5.69 Å². The summed E-state index contributed by atoms with van der Waals surface area (Å²) in [6.45, 7) is 0. The van der Waals surface area contributed by atoms with Gasteiger partial charge in [0.05, 0.1) is 9.79 Å². The average molecular weight is 265 g/mol. The van der Waals surface area contributed by atoms with Gasteiger partial charge in [-0.1, -0.05) is 6.07 Å². The minimum absolute atomic E-state index is 0.0807. The van der Waals surface area contributed by atoms with E-state index in [4.69, 9.17) is 0 Å². The lowest BCUT2D eigenvalue weighted by Gasteiger charge is -2.06. The summed E-state index contributed by atoms with van der Waals surface area (Å²) in [5, 5.41) is 2.88. The molecule has 0 saturated heterocycles. The van der Waals surface area contributed by atoms with Crippen LogP contribution in [0.2, 0.25) is 0 Å². The number of anilines is 1. The maximum atomic E-state index is 12.8. The minimum atomic E-state index is -3.59. The Morgan fingerprint density at radius 2 is 1.67 bits per heavy atom. The lowest BCUT2D eigenvalue weighted by atomic mass is 10.3. The second kappa shape index (κ2) is 4.78. The Bertz CT molecular complexity index is 651. The van der Waals surface area contributed by atoms with Gasteiger partial charge in [0.15, 0.2) is 0 Å². The number of nitrogens with one attached hydrogen (secondary N) is 1. The fourth-order valence-corrected chi connectivity index (χ4v) is 2.87. The van der Waals surface area contributed by atoms with E-state index in [9.17, 15) is 12.8 Å². The summed E-state index contributed by atoms with van der Waals surface area (Å²) < 4.78 is 37.3. The van der Waals surface area contributed by atoms with Crippen LogP contribution in [-0.2, 0) is 9.84 Å². The van der Waals surface area contributed by atoms with Crippen LogP contribution < -0.4 is 5.32 Å². The summed E-state index contributed by atoms with van der Waals surface area (Å²) >= 11 is 0. The van der Waals surface area contributed by atoms with Gasteiger partial charge < -0.3 is 5.32 Å². The van der Waals surface area contributed by atoms with Crippen molar-refractivity contribution in [3.05, 3.63) is 54.3 Å². The van der Waals surface area contributed by atoms with Crippen molar-refractivity contribution in [3.63, 3.8) is 0 Å². The molecule has 0 aromatic heterocycles. The van der Waals surface area contributed by atoms with E-state index in [1.54, 1.807) is 25.2 Å². The van der Waals surface area contributed by atoms with Crippen molar-refractivity contribution in [2.24, 2.45) is 0 Å². The molecule has 1 N–H and O–H groups in total. The highest BCUT2D eigenvalue weighted by atomic mass is 32.2. The van der Waals surface area contributed by atoms with Gasteiger partial charge in [0, 0.05) is 12.7 Å². The normalized spacial score (nSPS) is 11.2. The Morgan fingerprint density at radius 1 is 1.00 bits per heavy atom. The molecule has 2 aromatic rings. The predicted molar refractivity (Wildman–Crippen MR) is 67.8 cm³/mol. The summed E-state index contributed by atoms with van der Waals surface area (Å²) in [4.78, 5) is 0.262. The van der Waals surface area contributed by atoms with Gasteiger partial charge in [-0.15, -0.1) is 0 Å². The Morgan fingerprint density at radius 3 is 2.28 bits per heavy atom. The fourth-order valence-electron chi connectivity index (χ4n) is 1.57. The Hall–Kier alpha value is -1.88. The number of benzene rings is 2. The Labute approximate surface area is 105 Å². The van der Waals surface area contributed by atoms with Gasteiger partial charge in [0.25, 0.3) is 0 Å². The van der Waals surface area contributed by atoms with Crippen LogP contribution in [0.15, 0.2) is 58.3 Å². The molecule has 5 heteroatoms. The van der Waals surface area contributed by atoms with Gasteiger partial charge >= 0.3 is 0 Å². The van der Waals surface area contributed by atoms with E-state index in [-0.39, 0.29) is 9.79 Å². The lowest BCUT2D eigenvalue weighted by molar-refractivity contribution is 0.595. The largest absolute Gasteiger partial charge is 0.388 e. The molecule has 2 aromatic carbocycles. The highest BCUT2D eigenvalue weighted by molar-refractivity contribution is 7.91. The van der Waals surface area contributed by atoms with E-state index in [0.717, 1.165) is 12.1 Å². The number of halogens is 1. The molecule has 0 aliphatic carbocycles. The van der Waals surface area contributed by atoms with Gasteiger partial charge in [0.2, 0.25) is 9.84 Å². The molecule has 0 bridgehead atoms. The van der Waals surface area contributed by atoms with Crippen LogP contribution in [0.5, 0.6) is 0 Å². The topological polar surface area (TPSA) is 46.2 Å². The molecule has 3 nitrogen and oxygen atoms in total. The molecule has 0 saturated carbocycles. The van der Waals surface area contributed by atoms with Crippen molar-refractivity contribution in [1.82, 2.24) is 0 Å². The first kappa shape index (κ1) is 12.6. The molecule has 0 heterocycles. The van der Waals surface area contributed by atoms with E-state index >= 15 is 0 Å². The lowest BCUT2D eigenvalue weighted by Crippen LogP contribution is -2.02. The number of hydrogen-bond acceptors (Lipinski definition) is 3. The highest BCUT2D eigenvalue weighted by Gasteiger charge is 2.17. The monoisotopic (exact) mass is 265 g/mol. The molecule has 0 aliphatic rings. The fraction of sp³-hybridized carbons (Fsp3) is 0.0769. The summed E-state index contributed by atoms with van der Waals surface area (Å²) in [5.74, 6) is -0.460. The Kier molecular flexibility index (Phi) is 3.34. The molecule has 0 spiro atoms. The summed E-state index contributed by atoms with van der Waals surface area (Å²) in [6, 6.07) is 11.3. The van der Waals surface area contributed by atoms with Crippen LogP contribution in [0.4, 0.5) is 10.1 Å². The SMILES string of the molecule is CNc1cccc(S(=O)(=O)c2ccc(F)cc2)c1. The molecule has 18 heavy (non-hydrogen) atoms. The van der Waals surface area contributed by atoms with Crippen molar-refractivity contribution in [1.29, 1.82) is 0 Å². The third kappa shape index (κ3) is 2.36. The molecule has 0 aliphatic heterocycles. The van der Waals surface area contributed by atoms with Crippen molar-refractivity contribution >= 4 is 15.5 Å². The van der Waals surface area contributed by atoms with Crippen LogP contribution >= 0.6 is 0 Å². The third-order valence-electron chi connectivity index (χ3n) is 2.56. The Balaban J connectivity index is 2.50. The van der Waals surface area contributed by atoms with Gasteiger partial charge in [-0.2, -0.15) is 0 Å². The maximum Gasteiger partial charge on any atom is 0.206 e. The molecular weight excluding hydrogens is 253 g/mol. The summed E-state index contributed by atoms with van der Waals surface area (Å²) in [7, 11) is -1.88. The van der Waals surface area contributed by atoms with E-state index in [1.165, 1.54) is 18.2 Å². The van der Waals surface area contributed by atoms with Gasteiger partial charge in [0.1, 0.15) is 5.82 Å². The van der Waals surface area contributed by atoms with E-state index in [2.05, 4.69) is 5.32 Å². The second-order valence-electron chi connectivity index (χ2n) is 3.74. The van der Waals surface area contributed by atoms with Crippen molar-refractivity contribution in [2.45, 2.75) is 9.79 Å². The molecule has 2 rings (SSSR count). The van der Waals surface area contributed by atoms with Crippen molar-refractivity contribution in [3.8, 4) is 0 Å². The predicted octanol–water partition coefficient (Wildman–Crippen LogP) is 2.70. The van der Waals surface area contributed by atoms with E-state index < -0.39 is 15.7 Å². The quantitative estimate of drug-likeness (QED) is 0.868. The first-order valence-corrected chi connectivity index (χ1v) is 6.81. The first-order valence-electron chi connectivity index (χ1n) is 5.32. The van der Waals surface area contributed by atoms with E-state index in [1.807, 2.05) is 0 Å². The van der Waals surface area contributed by atoms with Crippen molar-refractivity contribution in [2.75, 3.05) is 12.4 Å². The number of rotatable bonds is 3. The maximum absolute atomic E-state index is 12.8. The molecule has 94 valence electrons. The zero-order chi connectivity index (χ0) is 13.2. The number of sulfone groups is 1. The second-order valence-corrected chi connectivity index (χ2v) is 5.68. The zero-order valence-electron chi connectivity index (χ0n) is 9.72. The standard InChI is InChI=1S/C13H12FNO2S/c1-15-11-3-2-4-13(9-11)18(16,17)12-7-5-10(14)6-8-12/h2-9,15H,1H3. The molecule has 0 fully saturated rings.